The Bertz CT molecular complexity index is 607. The summed E-state index contributed by atoms with van der Waals surface area (Å²) in [7, 11) is 0. The van der Waals surface area contributed by atoms with Crippen LogP contribution in [0.2, 0.25) is 0 Å². The number of rotatable bonds is 0. The van der Waals surface area contributed by atoms with E-state index in [0.29, 0.717) is 17.8 Å². The van der Waals surface area contributed by atoms with E-state index >= 15 is 0 Å². The molecule has 0 aromatic rings. The highest BCUT2D eigenvalue weighted by Gasteiger charge is 2.57. The SMILES string of the molecule is C[C@]12CC[C@H]3[C@@H](C=CC4=CC([O])=C=C[C@@]43C)[C@@H]1CC[C@@H]2O. The normalized spacial score (nSPS) is 50.8. The number of allylic oxidation sites excluding steroid dienone is 4. The molecule has 6 atom stereocenters. The largest absolute Gasteiger partial charge is 0.393 e. The lowest BCUT2D eigenvalue weighted by Crippen LogP contribution is -2.48. The van der Waals surface area contributed by atoms with E-state index in [2.05, 4.69) is 31.7 Å². The Morgan fingerprint density at radius 3 is 2.86 bits per heavy atom. The lowest BCUT2D eigenvalue weighted by molar-refractivity contribution is -0.0375. The zero-order chi connectivity index (χ0) is 14.8. The van der Waals surface area contributed by atoms with Gasteiger partial charge in [-0.1, -0.05) is 31.7 Å². The third kappa shape index (κ3) is 1.64. The van der Waals surface area contributed by atoms with Gasteiger partial charge < -0.3 is 5.11 Å². The molecule has 0 aliphatic heterocycles. The number of hydrogen-bond acceptors (Lipinski definition) is 1. The monoisotopic (exact) mass is 283 g/mol. The molecule has 2 heteroatoms. The van der Waals surface area contributed by atoms with Gasteiger partial charge in [-0.25, -0.2) is 0 Å². The smallest absolute Gasteiger partial charge is 0.221 e. The molecule has 1 N–H and O–H groups in total. The molecule has 4 aliphatic rings. The molecule has 0 heterocycles. The summed E-state index contributed by atoms with van der Waals surface area (Å²) in [5.74, 6) is 1.63. The molecular weight excluding hydrogens is 260 g/mol. The highest BCUT2D eigenvalue weighted by atomic mass is 16.3. The van der Waals surface area contributed by atoms with Crippen LogP contribution in [0.4, 0.5) is 0 Å². The van der Waals surface area contributed by atoms with Gasteiger partial charge in [0.2, 0.25) is 5.76 Å². The Labute approximate surface area is 126 Å². The van der Waals surface area contributed by atoms with Crippen molar-refractivity contribution < 1.29 is 10.2 Å². The third-order valence-corrected chi connectivity index (χ3v) is 6.97. The molecular formula is C19H23O2. The summed E-state index contributed by atoms with van der Waals surface area (Å²) in [6.45, 7) is 4.53. The van der Waals surface area contributed by atoms with Gasteiger partial charge in [0.15, 0.2) is 0 Å². The predicted molar refractivity (Wildman–Crippen MR) is 80.7 cm³/mol. The molecule has 1 radical (unpaired) electrons. The fourth-order valence-corrected chi connectivity index (χ4v) is 5.54. The molecule has 2 fully saturated rings. The Hall–Kier alpha value is -1.24. The second-order valence-corrected chi connectivity index (χ2v) is 7.82. The lowest BCUT2D eigenvalue weighted by Gasteiger charge is -2.54. The molecule has 0 saturated heterocycles. The summed E-state index contributed by atoms with van der Waals surface area (Å²) in [4.78, 5) is 0. The van der Waals surface area contributed by atoms with E-state index in [4.69, 9.17) is 0 Å². The second kappa shape index (κ2) is 4.15. The number of aliphatic hydroxyl groups excluding tert-OH is 1. The van der Waals surface area contributed by atoms with Crippen LogP contribution in [0.25, 0.3) is 0 Å². The van der Waals surface area contributed by atoms with Crippen LogP contribution in [0.15, 0.2) is 41.4 Å². The zero-order valence-corrected chi connectivity index (χ0v) is 12.8. The maximum Gasteiger partial charge on any atom is 0.221 e. The number of aliphatic hydroxyl groups is 1. The molecule has 0 unspecified atom stereocenters. The van der Waals surface area contributed by atoms with Crippen LogP contribution in [0.3, 0.4) is 0 Å². The lowest BCUT2D eigenvalue weighted by atomic mass is 9.50. The van der Waals surface area contributed by atoms with E-state index in [-0.39, 0.29) is 22.7 Å². The van der Waals surface area contributed by atoms with Crippen LogP contribution in [0.1, 0.15) is 39.5 Å². The van der Waals surface area contributed by atoms with Crippen molar-refractivity contribution in [1.82, 2.24) is 0 Å². The summed E-state index contributed by atoms with van der Waals surface area (Å²) in [6.07, 6.45) is 12.4. The first-order valence-corrected chi connectivity index (χ1v) is 8.18. The third-order valence-electron chi connectivity index (χ3n) is 6.97. The minimum Gasteiger partial charge on any atom is -0.393 e. The van der Waals surface area contributed by atoms with Gasteiger partial charge in [0, 0.05) is 5.41 Å². The van der Waals surface area contributed by atoms with E-state index in [9.17, 15) is 10.2 Å². The fourth-order valence-electron chi connectivity index (χ4n) is 5.54. The highest BCUT2D eigenvalue weighted by Crippen LogP contribution is 2.62. The molecule has 111 valence electrons. The molecule has 2 nitrogen and oxygen atoms in total. The van der Waals surface area contributed by atoms with Gasteiger partial charge in [-0.05, 0) is 66.6 Å². The molecule has 4 aliphatic carbocycles. The Morgan fingerprint density at radius 1 is 1.24 bits per heavy atom. The van der Waals surface area contributed by atoms with Crippen molar-refractivity contribution >= 4 is 0 Å². The molecule has 0 aromatic carbocycles. The Balaban J connectivity index is 1.77. The Kier molecular flexibility index (Phi) is 2.65. The highest BCUT2D eigenvalue weighted by molar-refractivity contribution is 5.43. The quantitative estimate of drug-likeness (QED) is 0.675. The molecule has 2 saturated carbocycles. The summed E-state index contributed by atoms with van der Waals surface area (Å²) in [5.41, 5.74) is 4.09. The zero-order valence-electron chi connectivity index (χ0n) is 12.8. The van der Waals surface area contributed by atoms with Crippen molar-refractivity contribution in [3.8, 4) is 0 Å². The van der Waals surface area contributed by atoms with Crippen molar-refractivity contribution in [1.29, 1.82) is 0 Å². The average molecular weight is 283 g/mol. The summed E-state index contributed by atoms with van der Waals surface area (Å²) in [6, 6.07) is 0. The molecule has 0 bridgehead atoms. The summed E-state index contributed by atoms with van der Waals surface area (Å²) < 4.78 is 0. The van der Waals surface area contributed by atoms with Crippen molar-refractivity contribution in [3.63, 3.8) is 0 Å². The van der Waals surface area contributed by atoms with Crippen LogP contribution in [-0.2, 0) is 5.11 Å². The van der Waals surface area contributed by atoms with Crippen molar-refractivity contribution in [2.75, 3.05) is 0 Å². The maximum atomic E-state index is 11.6. The molecule has 0 aromatic heterocycles. The predicted octanol–water partition coefficient (Wildman–Crippen LogP) is 3.78. The van der Waals surface area contributed by atoms with Crippen LogP contribution in [0, 0.1) is 28.6 Å². The van der Waals surface area contributed by atoms with Crippen molar-refractivity contribution in [2.45, 2.75) is 45.6 Å². The molecule has 4 rings (SSSR count). The van der Waals surface area contributed by atoms with E-state index in [1.807, 2.05) is 6.08 Å². The second-order valence-electron chi connectivity index (χ2n) is 7.82. The number of hydrogen-bond donors (Lipinski definition) is 1. The topological polar surface area (TPSA) is 40.1 Å². The summed E-state index contributed by atoms with van der Waals surface area (Å²) >= 11 is 0. The maximum absolute atomic E-state index is 11.6. The standard InChI is InChI=1S/C19H23O2/c1-18-9-7-13(20)11-12(18)3-4-14-15-5-6-17(21)19(15,2)10-8-16(14)18/h3-4,9,11,14-17,21H,5-6,8,10H2,1-2H3/t14-,15-,16-,17-,18-,19-/m0/s1. The van der Waals surface area contributed by atoms with E-state index < -0.39 is 0 Å². The average Bonchev–Trinajstić information content (AvgIpc) is 2.76. The first-order chi connectivity index (χ1) is 9.95. The molecule has 0 amide bonds. The van der Waals surface area contributed by atoms with Crippen LogP contribution in [0.5, 0.6) is 0 Å². The molecule has 0 spiro atoms. The van der Waals surface area contributed by atoms with Gasteiger partial charge in [0.05, 0.1) is 6.10 Å². The minimum absolute atomic E-state index is 0.0116. The minimum atomic E-state index is -0.142. The number of fused-ring (bicyclic) bond motifs is 5. The van der Waals surface area contributed by atoms with Crippen LogP contribution >= 0.6 is 0 Å². The van der Waals surface area contributed by atoms with Crippen molar-refractivity contribution in [2.24, 2.45) is 28.6 Å². The molecule has 21 heavy (non-hydrogen) atoms. The van der Waals surface area contributed by atoms with Crippen LogP contribution < -0.4 is 0 Å². The Morgan fingerprint density at radius 2 is 2.05 bits per heavy atom. The first kappa shape index (κ1) is 13.4. The van der Waals surface area contributed by atoms with E-state index in [0.717, 1.165) is 31.3 Å². The van der Waals surface area contributed by atoms with Gasteiger partial charge in [0.25, 0.3) is 0 Å². The summed E-state index contributed by atoms with van der Waals surface area (Å²) in [5, 5.41) is 22.0. The van der Waals surface area contributed by atoms with Gasteiger partial charge >= 0.3 is 0 Å². The van der Waals surface area contributed by atoms with Crippen LogP contribution in [-0.4, -0.2) is 11.2 Å². The fraction of sp³-hybridized carbons (Fsp3) is 0.632. The first-order valence-electron chi connectivity index (χ1n) is 8.18. The van der Waals surface area contributed by atoms with Gasteiger partial charge in [-0.2, -0.15) is 0 Å². The van der Waals surface area contributed by atoms with Gasteiger partial charge in [-0.15, -0.1) is 0 Å². The van der Waals surface area contributed by atoms with Gasteiger partial charge in [-0.3, -0.25) is 5.11 Å². The van der Waals surface area contributed by atoms with Gasteiger partial charge in [0.1, 0.15) is 0 Å². The van der Waals surface area contributed by atoms with Crippen molar-refractivity contribution in [3.05, 3.63) is 41.4 Å². The van der Waals surface area contributed by atoms with E-state index in [1.54, 1.807) is 6.08 Å². The van der Waals surface area contributed by atoms with E-state index in [1.165, 1.54) is 0 Å².